The number of benzene rings is 3. The van der Waals surface area contributed by atoms with E-state index in [9.17, 15) is 9.59 Å². The van der Waals surface area contributed by atoms with E-state index in [1.165, 1.54) is 0 Å². The average molecular weight is 374 g/mol. The topological polar surface area (TPSA) is 58.2 Å². The minimum Gasteiger partial charge on any atom is -0.348 e. The largest absolute Gasteiger partial charge is 0.348 e. The van der Waals surface area contributed by atoms with Gasteiger partial charge in [0.05, 0.1) is 6.04 Å². The molecule has 2 amide bonds. The Morgan fingerprint density at radius 1 is 0.750 bits per heavy atom. The molecule has 2 unspecified atom stereocenters. The summed E-state index contributed by atoms with van der Waals surface area (Å²) < 4.78 is 0. The van der Waals surface area contributed by atoms with Gasteiger partial charge in [0, 0.05) is 5.56 Å². The lowest BCUT2D eigenvalue weighted by Crippen LogP contribution is -2.50. The van der Waals surface area contributed by atoms with Crippen molar-refractivity contribution in [3.63, 3.8) is 0 Å². The number of fused-ring (bicyclic) bond motifs is 1. The van der Waals surface area contributed by atoms with E-state index in [0.29, 0.717) is 5.56 Å². The summed E-state index contributed by atoms with van der Waals surface area (Å²) in [4.78, 5) is 25.4. The quantitative estimate of drug-likeness (QED) is 0.669. The minimum atomic E-state index is -0.606. The second-order valence-corrected chi connectivity index (χ2v) is 7.36. The van der Waals surface area contributed by atoms with Crippen molar-refractivity contribution >= 4 is 22.6 Å². The molecule has 4 heteroatoms. The highest BCUT2D eigenvalue weighted by molar-refractivity contribution is 5.97. The minimum absolute atomic E-state index is 0.0348. The number of nitrogens with one attached hydrogen (secondary N) is 2. The molecule has 0 saturated carbocycles. The molecule has 144 valence electrons. The first-order valence-electron chi connectivity index (χ1n) is 9.61. The Bertz CT molecular complexity index is 961. The second-order valence-electron chi connectivity index (χ2n) is 7.36. The molecule has 0 aliphatic rings. The second kappa shape index (κ2) is 8.70. The lowest BCUT2D eigenvalue weighted by molar-refractivity contribution is -0.124. The Morgan fingerprint density at radius 2 is 1.39 bits per heavy atom. The summed E-state index contributed by atoms with van der Waals surface area (Å²) in [5.41, 5.74) is 1.60. The van der Waals surface area contributed by atoms with Crippen LogP contribution in [0.4, 0.5) is 0 Å². The molecule has 0 fully saturated rings. The first-order valence-corrected chi connectivity index (χ1v) is 9.61. The van der Waals surface area contributed by atoms with E-state index in [4.69, 9.17) is 0 Å². The fourth-order valence-corrected chi connectivity index (χ4v) is 3.36. The van der Waals surface area contributed by atoms with Gasteiger partial charge in [0.1, 0.15) is 6.04 Å². The maximum atomic E-state index is 12.9. The first kappa shape index (κ1) is 19.6. The molecule has 0 spiro atoms. The van der Waals surface area contributed by atoms with Crippen LogP contribution in [-0.2, 0) is 4.79 Å². The Labute approximate surface area is 166 Å². The van der Waals surface area contributed by atoms with Crippen LogP contribution in [0.2, 0.25) is 0 Å². The fraction of sp³-hybridized carbons (Fsp3) is 0.250. The van der Waals surface area contributed by atoms with E-state index in [1.807, 2.05) is 63.2 Å². The number of hydrogen-bond acceptors (Lipinski definition) is 2. The monoisotopic (exact) mass is 374 g/mol. The van der Waals surface area contributed by atoms with Crippen molar-refractivity contribution in [2.75, 3.05) is 0 Å². The molecule has 28 heavy (non-hydrogen) atoms. The molecule has 4 nitrogen and oxygen atoms in total. The number of amides is 2. The van der Waals surface area contributed by atoms with Crippen molar-refractivity contribution in [3.05, 3.63) is 83.9 Å². The van der Waals surface area contributed by atoms with Crippen LogP contribution in [-0.4, -0.2) is 17.9 Å². The van der Waals surface area contributed by atoms with Gasteiger partial charge in [-0.2, -0.15) is 0 Å². The molecule has 2 atom stereocenters. The van der Waals surface area contributed by atoms with Crippen molar-refractivity contribution < 1.29 is 9.59 Å². The Hall–Kier alpha value is -3.14. The third kappa shape index (κ3) is 4.39. The van der Waals surface area contributed by atoms with Gasteiger partial charge in [0.2, 0.25) is 5.91 Å². The Kier molecular flexibility index (Phi) is 6.09. The van der Waals surface area contributed by atoms with Gasteiger partial charge >= 0.3 is 0 Å². The molecular weight excluding hydrogens is 348 g/mol. The lowest BCUT2D eigenvalue weighted by atomic mass is 9.98. The van der Waals surface area contributed by atoms with Crippen LogP contribution in [0.1, 0.15) is 42.7 Å². The standard InChI is InChI=1S/C24H26N2O2/c1-16(2)22(26-23(27)19-11-5-4-6-12-19)24(28)25-17(3)20-15-9-13-18-10-7-8-14-21(18)20/h4-17,22H,1-3H3,(H,25,28)(H,26,27). The van der Waals surface area contributed by atoms with Gasteiger partial charge < -0.3 is 10.6 Å². The zero-order valence-electron chi connectivity index (χ0n) is 16.5. The smallest absolute Gasteiger partial charge is 0.251 e. The van der Waals surface area contributed by atoms with E-state index in [-0.39, 0.29) is 23.8 Å². The summed E-state index contributed by atoms with van der Waals surface area (Å²) in [6, 6.07) is 22.4. The number of rotatable bonds is 6. The van der Waals surface area contributed by atoms with Crippen molar-refractivity contribution in [3.8, 4) is 0 Å². The molecule has 3 aromatic carbocycles. The van der Waals surface area contributed by atoms with Gasteiger partial charge in [-0.05, 0) is 41.3 Å². The summed E-state index contributed by atoms with van der Waals surface area (Å²) in [5, 5.41) is 8.20. The molecular formula is C24H26N2O2. The summed E-state index contributed by atoms with van der Waals surface area (Å²) in [5.74, 6) is -0.459. The molecule has 3 aromatic rings. The van der Waals surface area contributed by atoms with Gasteiger partial charge in [0.15, 0.2) is 0 Å². The maximum absolute atomic E-state index is 12.9. The fourth-order valence-electron chi connectivity index (χ4n) is 3.36. The molecule has 0 aromatic heterocycles. The SMILES string of the molecule is CC(NC(=O)C(NC(=O)c1ccccc1)C(C)C)c1cccc2ccccc12. The molecule has 3 rings (SSSR count). The van der Waals surface area contributed by atoms with Gasteiger partial charge in [-0.1, -0.05) is 74.5 Å². The van der Waals surface area contributed by atoms with Crippen molar-refractivity contribution in [2.45, 2.75) is 32.9 Å². The van der Waals surface area contributed by atoms with Crippen molar-refractivity contribution in [1.82, 2.24) is 10.6 Å². The van der Waals surface area contributed by atoms with Crippen LogP contribution in [0.15, 0.2) is 72.8 Å². The first-order chi connectivity index (χ1) is 13.5. The van der Waals surface area contributed by atoms with Crippen LogP contribution in [0.25, 0.3) is 10.8 Å². The zero-order chi connectivity index (χ0) is 20.1. The molecule has 0 saturated heterocycles. The van der Waals surface area contributed by atoms with Crippen molar-refractivity contribution in [2.24, 2.45) is 5.92 Å². The van der Waals surface area contributed by atoms with E-state index in [1.54, 1.807) is 12.1 Å². The van der Waals surface area contributed by atoms with Crippen LogP contribution >= 0.6 is 0 Å². The zero-order valence-corrected chi connectivity index (χ0v) is 16.5. The van der Waals surface area contributed by atoms with E-state index in [2.05, 4.69) is 28.8 Å². The average Bonchev–Trinajstić information content (AvgIpc) is 2.71. The van der Waals surface area contributed by atoms with Gasteiger partial charge in [-0.3, -0.25) is 9.59 Å². The number of carbonyl (C=O) groups is 2. The van der Waals surface area contributed by atoms with Crippen LogP contribution < -0.4 is 10.6 Å². The molecule has 0 radical (unpaired) electrons. The molecule has 0 aliphatic heterocycles. The van der Waals surface area contributed by atoms with E-state index >= 15 is 0 Å². The van der Waals surface area contributed by atoms with Crippen molar-refractivity contribution in [1.29, 1.82) is 0 Å². The number of hydrogen-bond donors (Lipinski definition) is 2. The summed E-state index contributed by atoms with van der Waals surface area (Å²) in [7, 11) is 0. The predicted octanol–water partition coefficient (Wildman–Crippen LogP) is 4.47. The Morgan fingerprint density at radius 3 is 2.11 bits per heavy atom. The van der Waals surface area contributed by atoms with E-state index < -0.39 is 6.04 Å². The van der Waals surface area contributed by atoms with Gasteiger partial charge in [-0.25, -0.2) is 0 Å². The highest BCUT2D eigenvalue weighted by Gasteiger charge is 2.26. The molecule has 0 bridgehead atoms. The number of carbonyl (C=O) groups excluding carboxylic acids is 2. The maximum Gasteiger partial charge on any atom is 0.251 e. The Balaban J connectivity index is 1.76. The van der Waals surface area contributed by atoms with Crippen LogP contribution in [0, 0.1) is 5.92 Å². The summed E-state index contributed by atoms with van der Waals surface area (Å²) in [6.45, 7) is 5.83. The highest BCUT2D eigenvalue weighted by atomic mass is 16.2. The normalized spacial score (nSPS) is 13.1. The van der Waals surface area contributed by atoms with E-state index in [0.717, 1.165) is 16.3 Å². The third-order valence-electron chi connectivity index (χ3n) is 4.92. The summed E-state index contributed by atoms with van der Waals surface area (Å²) in [6.07, 6.45) is 0. The van der Waals surface area contributed by atoms with Crippen LogP contribution in [0.3, 0.4) is 0 Å². The predicted molar refractivity (Wildman–Crippen MR) is 113 cm³/mol. The molecule has 0 aliphatic carbocycles. The van der Waals surface area contributed by atoms with Gasteiger partial charge in [0.25, 0.3) is 5.91 Å². The highest BCUT2D eigenvalue weighted by Crippen LogP contribution is 2.24. The summed E-state index contributed by atoms with van der Waals surface area (Å²) >= 11 is 0. The van der Waals surface area contributed by atoms with Crippen LogP contribution in [0.5, 0.6) is 0 Å². The van der Waals surface area contributed by atoms with Gasteiger partial charge in [-0.15, -0.1) is 0 Å². The third-order valence-corrected chi connectivity index (χ3v) is 4.92. The molecule has 0 heterocycles. The lowest BCUT2D eigenvalue weighted by Gasteiger charge is -2.25. The molecule has 2 N–H and O–H groups in total.